The molecule has 0 aromatic carbocycles. The van der Waals surface area contributed by atoms with Crippen LogP contribution in [0.3, 0.4) is 0 Å². The predicted molar refractivity (Wildman–Crippen MR) is 147 cm³/mol. The number of hydrogen-bond acceptors (Lipinski definition) is 4. The highest BCUT2D eigenvalue weighted by Gasteiger charge is 2.68. The summed E-state index contributed by atoms with van der Waals surface area (Å²) in [5.41, 5.74) is 4.58. The lowest BCUT2D eigenvalue weighted by Crippen LogP contribution is -2.63. The van der Waals surface area contributed by atoms with Gasteiger partial charge in [-0.1, -0.05) is 45.4 Å². The van der Waals surface area contributed by atoms with Crippen molar-refractivity contribution in [3.8, 4) is 0 Å². The minimum absolute atomic E-state index is 0.0108. The zero-order valence-electron chi connectivity index (χ0n) is 24.3. The van der Waals surface area contributed by atoms with Gasteiger partial charge in [-0.3, -0.25) is 9.59 Å². The Bertz CT molecular complexity index is 1170. The minimum Gasteiger partial charge on any atom is -0.492 e. The molecule has 5 aliphatic rings. The van der Waals surface area contributed by atoms with Gasteiger partial charge >= 0.3 is 5.97 Å². The Hall–Kier alpha value is -2.10. The second kappa shape index (κ2) is 8.45. The lowest BCUT2D eigenvalue weighted by atomic mass is 9.33. The minimum atomic E-state index is -0.411. The van der Waals surface area contributed by atoms with E-state index in [9.17, 15) is 9.59 Å². The molecule has 0 aromatic rings. The summed E-state index contributed by atoms with van der Waals surface area (Å²) in [6.07, 6.45) is 15.0. The third-order valence-electron chi connectivity index (χ3n) is 12.1. The molecule has 0 N–H and O–H groups in total. The molecule has 0 amide bonds. The van der Waals surface area contributed by atoms with Gasteiger partial charge in [0.1, 0.15) is 0 Å². The number of fused-ring (bicyclic) bond motifs is 7. The normalized spacial score (nSPS) is 42.9. The molecular formula is C33H46O4. The maximum absolute atomic E-state index is 13.2. The molecule has 0 spiro atoms. The van der Waals surface area contributed by atoms with Gasteiger partial charge in [-0.25, -0.2) is 0 Å². The maximum Gasteiger partial charge on any atom is 0.311 e. The molecule has 0 unspecified atom stereocenters. The first-order valence-electron chi connectivity index (χ1n) is 14.5. The van der Waals surface area contributed by atoms with Crippen LogP contribution in [0.1, 0.15) is 99.8 Å². The lowest BCUT2D eigenvalue weighted by Gasteiger charge is -2.71. The number of esters is 1. The van der Waals surface area contributed by atoms with Crippen molar-refractivity contribution in [2.45, 2.75) is 99.8 Å². The molecule has 0 bridgehead atoms. The van der Waals surface area contributed by atoms with E-state index in [4.69, 9.17) is 9.47 Å². The van der Waals surface area contributed by atoms with Gasteiger partial charge in [0.25, 0.3) is 0 Å². The van der Waals surface area contributed by atoms with Crippen LogP contribution in [0.2, 0.25) is 0 Å². The van der Waals surface area contributed by atoms with Gasteiger partial charge < -0.3 is 9.47 Å². The number of ketones is 1. The lowest BCUT2D eigenvalue weighted by molar-refractivity contribution is -0.187. The molecule has 3 saturated carbocycles. The first kappa shape index (κ1) is 26.5. The van der Waals surface area contributed by atoms with Crippen molar-refractivity contribution in [3.63, 3.8) is 0 Å². The van der Waals surface area contributed by atoms with Crippen LogP contribution in [0.4, 0.5) is 0 Å². The van der Waals surface area contributed by atoms with E-state index in [-0.39, 0.29) is 33.4 Å². The predicted octanol–water partition coefficient (Wildman–Crippen LogP) is 7.65. The first-order chi connectivity index (χ1) is 17.4. The van der Waals surface area contributed by atoms with Gasteiger partial charge in [-0.05, 0) is 112 Å². The maximum atomic E-state index is 13.2. The van der Waals surface area contributed by atoms with Crippen molar-refractivity contribution < 1.29 is 19.1 Å². The van der Waals surface area contributed by atoms with Gasteiger partial charge in [-0.15, -0.1) is 0 Å². The standard InChI is InChI=1S/C33H46O4/c1-9-33-18-16-31(6)23-19-24(34)27(36-8)21(3)22(23)11-12-25(31)32(33,7)17-15-29(4)13-14-30(5,20-26(29)33)28(35)37-10-2/h11-12,19,26H,9-10,13-18,20H2,1-8H3/t26-,29-,30-,31+,32-,33+/m1/s1. The zero-order chi connectivity index (χ0) is 27.0. The highest BCUT2D eigenvalue weighted by molar-refractivity contribution is 6.07. The second-order valence-corrected chi connectivity index (χ2v) is 13.6. The third kappa shape index (κ3) is 3.32. The summed E-state index contributed by atoms with van der Waals surface area (Å²) in [7, 11) is 1.59. The first-order valence-corrected chi connectivity index (χ1v) is 14.5. The van der Waals surface area contributed by atoms with Crippen molar-refractivity contribution >= 4 is 11.8 Å². The van der Waals surface area contributed by atoms with Crippen LogP contribution in [0.25, 0.3) is 0 Å². The van der Waals surface area contributed by atoms with Crippen molar-refractivity contribution in [3.05, 3.63) is 46.3 Å². The summed E-state index contributed by atoms with van der Waals surface area (Å²) >= 11 is 0. The van der Waals surface area contributed by atoms with Crippen LogP contribution in [0, 0.1) is 33.0 Å². The molecular weight excluding hydrogens is 460 g/mol. The van der Waals surface area contributed by atoms with Crippen molar-refractivity contribution in [1.29, 1.82) is 0 Å². The zero-order valence-corrected chi connectivity index (χ0v) is 24.3. The largest absolute Gasteiger partial charge is 0.492 e. The Labute approximate surface area is 223 Å². The molecule has 5 aliphatic carbocycles. The molecule has 0 saturated heterocycles. The molecule has 0 radical (unpaired) electrons. The Morgan fingerprint density at radius 3 is 2.35 bits per heavy atom. The fraction of sp³-hybridized carbons (Fsp3) is 0.697. The van der Waals surface area contributed by atoms with Gasteiger partial charge in [0.2, 0.25) is 5.78 Å². The molecule has 4 nitrogen and oxygen atoms in total. The van der Waals surface area contributed by atoms with E-state index in [0.29, 0.717) is 18.3 Å². The number of rotatable bonds is 4. The van der Waals surface area contributed by atoms with Gasteiger partial charge in [0.05, 0.1) is 19.1 Å². The Kier molecular flexibility index (Phi) is 6.05. The summed E-state index contributed by atoms with van der Waals surface area (Å²) in [6.45, 7) is 16.3. The van der Waals surface area contributed by atoms with Crippen LogP contribution >= 0.6 is 0 Å². The molecule has 4 heteroatoms. The van der Waals surface area contributed by atoms with Crippen molar-refractivity contribution in [1.82, 2.24) is 0 Å². The number of methoxy groups -OCH3 is 1. The highest BCUT2D eigenvalue weighted by Crippen LogP contribution is 2.76. The van der Waals surface area contributed by atoms with E-state index in [1.54, 1.807) is 7.11 Å². The molecule has 5 rings (SSSR count). The summed E-state index contributed by atoms with van der Waals surface area (Å²) in [4.78, 5) is 26.2. The molecule has 0 aliphatic heterocycles. The smallest absolute Gasteiger partial charge is 0.311 e. The van der Waals surface area contributed by atoms with Crippen LogP contribution in [0.5, 0.6) is 0 Å². The number of allylic oxidation sites excluding steroid dienone is 7. The quantitative estimate of drug-likeness (QED) is 0.367. The molecule has 0 heterocycles. The van der Waals surface area contributed by atoms with E-state index < -0.39 is 5.41 Å². The molecule has 202 valence electrons. The number of hydrogen-bond donors (Lipinski definition) is 0. The molecule has 0 aromatic heterocycles. The second-order valence-electron chi connectivity index (χ2n) is 13.6. The van der Waals surface area contributed by atoms with E-state index in [0.717, 1.165) is 56.1 Å². The van der Waals surface area contributed by atoms with Gasteiger partial charge in [0.15, 0.2) is 5.76 Å². The summed E-state index contributed by atoms with van der Waals surface area (Å²) in [5, 5.41) is 0. The van der Waals surface area contributed by atoms with Gasteiger partial charge in [0, 0.05) is 11.0 Å². The van der Waals surface area contributed by atoms with Crippen LogP contribution in [-0.4, -0.2) is 25.5 Å². The SMILES string of the molecule is CCOC(=O)[C@]1(C)CC[C@]2(C)CC[C@]3(C)C4=CC=C5C(=CC(=O)C(OC)=C5C)[C@]4(C)CC[C@@]3(CC)[C@@H]2C1. The summed E-state index contributed by atoms with van der Waals surface area (Å²) < 4.78 is 11.1. The van der Waals surface area contributed by atoms with E-state index in [1.165, 1.54) is 17.6 Å². The molecule has 3 fully saturated rings. The Morgan fingerprint density at radius 1 is 1.00 bits per heavy atom. The summed E-state index contributed by atoms with van der Waals surface area (Å²) in [5.74, 6) is 0.907. The number of carbonyl (C=O) groups excluding carboxylic acids is 2. The fourth-order valence-corrected chi connectivity index (χ4v) is 9.76. The van der Waals surface area contributed by atoms with Crippen LogP contribution in [-0.2, 0) is 19.1 Å². The van der Waals surface area contributed by atoms with Crippen LogP contribution in [0.15, 0.2) is 46.3 Å². The van der Waals surface area contributed by atoms with E-state index >= 15 is 0 Å². The fourth-order valence-electron chi connectivity index (χ4n) is 9.76. The van der Waals surface area contributed by atoms with Gasteiger partial charge in [-0.2, -0.15) is 0 Å². The molecule has 37 heavy (non-hydrogen) atoms. The van der Waals surface area contributed by atoms with Crippen molar-refractivity contribution in [2.24, 2.45) is 33.0 Å². The number of ether oxygens (including phenoxy) is 2. The highest BCUT2D eigenvalue weighted by atomic mass is 16.5. The average molecular weight is 507 g/mol. The number of carbonyl (C=O) groups is 2. The van der Waals surface area contributed by atoms with E-state index in [2.05, 4.69) is 46.8 Å². The topological polar surface area (TPSA) is 52.6 Å². The summed E-state index contributed by atoms with van der Waals surface area (Å²) in [6, 6.07) is 0. The monoisotopic (exact) mass is 506 g/mol. The Balaban J connectivity index is 1.63. The Morgan fingerprint density at radius 2 is 1.70 bits per heavy atom. The van der Waals surface area contributed by atoms with Crippen LogP contribution < -0.4 is 0 Å². The molecule has 6 atom stereocenters. The van der Waals surface area contributed by atoms with Crippen molar-refractivity contribution in [2.75, 3.05) is 13.7 Å². The van der Waals surface area contributed by atoms with E-state index in [1.807, 2.05) is 19.9 Å². The average Bonchev–Trinajstić information content (AvgIpc) is 2.86. The third-order valence-corrected chi connectivity index (χ3v) is 12.1.